The standard InChI is InChI=1S/C18H15BrN6O3/c19-11-3-1-10(2-4-11)18(26)25-24-17-15(20)16(21-8-22-17)23-12-5-6-13-14(7-12)28-9-27-13/h1-8H,9,20H2,(H,25,26)(H2,21,22,23,24). The van der Waals surface area contributed by atoms with Crippen LogP contribution < -0.4 is 31.4 Å². The van der Waals surface area contributed by atoms with Crippen LogP contribution in [0.4, 0.5) is 23.0 Å². The Bertz CT molecular complexity index is 1030. The molecule has 1 aliphatic heterocycles. The Labute approximate surface area is 168 Å². The molecule has 1 amide bonds. The van der Waals surface area contributed by atoms with Crippen molar-refractivity contribution in [3.8, 4) is 11.5 Å². The summed E-state index contributed by atoms with van der Waals surface area (Å²) in [5.41, 5.74) is 12.9. The maximum Gasteiger partial charge on any atom is 0.269 e. The van der Waals surface area contributed by atoms with Crippen molar-refractivity contribution in [3.63, 3.8) is 0 Å². The van der Waals surface area contributed by atoms with Gasteiger partial charge in [-0.3, -0.25) is 15.6 Å². The zero-order chi connectivity index (χ0) is 19.5. The topological polar surface area (TPSA) is 123 Å². The number of carbonyl (C=O) groups is 1. The monoisotopic (exact) mass is 442 g/mol. The average molecular weight is 443 g/mol. The SMILES string of the molecule is Nc1c(NNC(=O)c2ccc(Br)cc2)ncnc1Nc1ccc2c(c1)OCO2. The number of amides is 1. The number of nitrogen functional groups attached to an aromatic ring is 1. The van der Waals surface area contributed by atoms with Crippen LogP contribution in [0.25, 0.3) is 0 Å². The van der Waals surface area contributed by atoms with E-state index in [1.165, 1.54) is 6.33 Å². The van der Waals surface area contributed by atoms with Crippen LogP contribution in [0, 0.1) is 0 Å². The van der Waals surface area contributed by atoms with Crippen LogP contribution in [-0.4, -0.2) is 22.7 Å². The van der Waals surface area contributed by atoms with Crippen LogP contribution in [0.15, 0.2) is 53.3 Å². The van der Waals surface area contributed by atoms with Gasteiger partial charge in [-0.1, -0.05) is 15.9 Å². The van der Waals surface area contributed by atoms with Gasteiger partial charge in [0.2, 0.25) is 6.79 Å². The summed E-state index contributed by atoms with van der Waals surface area (Å²) in [6, 6.07) is 12.3. The molecule has 9 nitrogen and oxygen atoms in total. The summed E-state index contributed by atoms with van der Waals surface area (Å²) in [6.07, 6.45) is 1.33. The molecule has 0 unspecified atom stereocenters. The molecule has 0 fully saturated rings. The summed E-state index contributed by atoms with van der Waals surface area (Å²) in [5.74, 6) is 1.64. The first-order chi connectivity index (χ1) is 13.6. The summed E-state index contributed by atoms with van der Waals surface area (Å²) in [7, 11) is 0. The van der Waals surface area contributed by atoms with Crippen molar-refractivity contribution < 1.29 is 14.3 Å². The molecule has 5 N–H and O–H groups in total. The second kappa shape index (κ2) is 7.61. The van der Waals surface area contributed by atoms with Gasteiger partial charge in [-0.25, -0.2) is 9.97 Å². The zero-order valence-electron chi connectivity index (χ0n) is 14.4. The van der Waals surface area contributed by atoms with Gasteiger partial charge in [0.05, 0.1) is 0 Å². The molecule has 0 saturated carbocycles. The Morgan fingerprint density at radius 3 is 2.61 bits per heavy atom. The van der Waals surface area contributed by atoms with Gasteiger partial charge in [0.15, 0.2) is 23.1 Å². The largest absolute Gasteiger partial charge is 0.454 e. The minimum absolute atomic E-state index is 0.195. The second-order valence-electron chi connectivity index (χ2n) is 5.76. The highest BCUT2D eigenvalue weighted by Crippen LogP contribution is 2.35. The van der Waals surface area contributed by atoms with Gasteiger partial charge in [-0.05, 0) is 36.4 Å². The zero-order valence-corrected chi connectivity index (χ0v) is 16.0. The van der Waals surface area contributed by atoms with Gasteiger partial charge in [0.1, 0.15) is 12.0 Å². The highest BCUT2D eigenvalue weighted by Gasteiger charge is 2.15. The van der Waals surface area contributed by atoms with Gasteiger partial charge in [0.25, 0.3) is 5.91 Å². The summed E-state index contributed by atoms with van der Waals surface area (Å²) >= 11 is 3.33. The number of benzene rings is 2. The molecule has 2 aromatic carbocycles. The molecule has 0 bridgehead atoms. The van der Waals surface area contributed by atoms with Gasteiger partial charge in [-0.15, -0.1) is 0 Å². The average Bonchev–Trinajstić information content (AvgIpc) is 3.17. The maximum absolute atomic E-state index is 12.2. The van der Waals surface area contributed by atoms with Crippen molar-refractivity contribution in [2.75, 3.05) is 23.3 Å². The van der Waals surface area contributed by atoms with E-state index >= 15 is 0 Å². The number of anilines is 4. The third kappa shape index (κ3) is 3.76. The normalized spacial score (nSPS) is 11.8. The first-order valence-electron chi connectivity index (χ1n) is 8.19. The van der Waals surface area contributed by atoms with Crippen LogP contribution in [0.5, 0.6) is 11.5 Å². The summed E-state index contributed by atoms with van der Waals surface area (Å²) in [4.78, 5) is 20.4. The van der Waals surface area contributed by atoms with Crippen molar-refractivity contribution in [1.29, 1.82) is 0 Å². The number of nitrogens with one attached hydrogen (secondary N) is 3. The quantitative estimate of drug-likeness (QED) is 0.444. The highest BCUT2D eigenvalue weighted by molar-refractivity contribution is 9.10. The number of ether oxygens (including phenoxy) is 2. The minimum atomic E-state index is -0.323. The molecule has 0 saturated heterocycles. The highest BCUT2D eigenvalue weighted by atomic mass is 79.9. The van der Waals surface area contributed by atoms with Crippen LogP contribution in [0.1, 0.15) is 10.4 Å². The molecule has 0 spiro atoms. The Morgan fingerprint density at radius 1 is 1.04 bits per heavy atom. The molecular weight excluding hydrogens is 428 g/mol. The van der Waals surface area contributed by atoms with Crippen molar-refractivity contribution in [2.45, 2.75) is 0 Å². The lowest BCUT2D eigenvalue weighted by molar-refractivity contribution is 0.0962. The summed E-state index contributed by atoms with van der Waals surface area (Å²) < 4.78 is 11.5. The van der Waals surface area contributed by atoms with Crippen molar-refractivity contribution >= 4 is 44.8 Å². The number of aromatic nitrogens is 2. The molecule has 4 rings (SSSR count). The molecule has 0 aliphatic carbocycles. The lowest BCUT2D eigenvalue weighted by Gasteiger charge is -2.13. The van der Waals surface area contributed by atoms with E-state index in [2.05, 4.69) is 42.1 Å². The van der Waals surface area contributed by atoms with Crippen molar-refractivity contribution in [1.82, 2.24) is 15.4 Å². The number of carbonyl (C=O) groups excluding carboxylic acids is 1. The van der Waals surface area contributed by atoms with E-state index in [1.54, 1.807) is 36.4 Å². The first-order valence-corrected chi connectivity index (χ1v) is 8.98. The molecule has 142 valence electrons. The number of nitrogens with two attached hydrogens (primary N) is 1. The first kappa shape index (κ1) is 17.9. The fourth-order valence-corrected chi connectivity index (χ4v) is 2.76. The fourth-order valence-electron chi connectivity index (χ4n) is 2.50. The number of hydrogen-bond donors (Lipinski definition) is 4. The number of hydrogen-bond acceptors (Lipinski definition) is 8. The molecule has 0 radical (unpaired) electrons. The molecular formula is C18H15BrN6O3. The van der Waals surface area contributed by atoms with Crippen LogP contribution >= 0.6 is 15.9 Å². The Balaban J connectivity index is 1.46. The van der Waals surface area contributed by atoms with E-state index in [4.69, 9.17) is 15.2 Å². The third-order valence-corrected chi connectivity index (χ3v) is 4.45. The van der Waals surface area contributed by atoms with E-state index < -0.39 is 0 Å². The number of hydrazine groups is 1. The van der Waals surface area contributed by atoms with E-state index in [0.29, 0.717) is 22.9 Å². The van der Waals surface area contributed by atoms with Gasteiger partial charge < -0.3 is 20.5 Å². The lowest BCUT2D eigenvalue weighted by Crippen LogP contribution is -2.30. The van der Waals surface area contributed by atoms with E-state index in [9.17, 15) is 4.79 Å². The van der Waals surface area contributed by atoms with Crippen molar-refractivity contribution in [3.05, 3.63) is 58.8 Å². The minimum Gasteiger partial charge on any atom is -0.454 e. The van der Waals surface area contributed by atoms with Gasteiger partial charge in [0, 0.05) is 21.8 Å². The van der Waals surface area contributed by atoms with E-state index in [0.717, 1.165) is 10.2 Å². The maximum atomic E-state index is 12.2. The fraction of sp³-hybridized carbons (Fsp3) is 0.0556. The number of fused-ring (bicyclic) bond motifs is 1. The predicted octanol–water partition coefficient (Wildman–Crippen LogP) is 3.05. The van der Waals surface area contributed by atoms with E-state index in [-0.39, 0.29) is 24.2 Å². The predicted molar refractivity (Wildman–Crippen MR) is 108 cm³/mol. The Hall–Kier alpha value is -3.53. The van der Waals surface area contributed by atoms with Crippen LogP contribution in [-0.2, 0) is 0 Å². The molecule has 10 heteroatoms. The Kier molecular flexibility index (Phi) is 4.85. The molecule has 1 aromatic heterocycles. The van der Waals surface area contributed by atoms with Crippen LogP contribution in [0.3, 0.4) is 0 Å². The molecule has 1 aliphatic rings. The lowest BCUT2D eigenvalue weighted by atomic mass is 10.2. The van der Waals surface area contributed by atoms with Crippen LogP contribution in [0.2, 0.25) is 0 Å². The third-order valence-electron chi connectivity index (χ3n) is 3.92. The number of halogens is 1. The number of nitrogens with zero attached hydrogens (tertiary/aromatic N) is 2. The van der Waals surface area contributed by atoms with Gasteiger partial charge >= 0.3 is 0 Å². The molecule has 28 heavy (non-hydrogen) atoms. The summed E-state index contributed by atoms with van der Waals surface area (Å²) in [5, 5.41) is 3.10. The number of rotatable bonds is 5. The van der Waals surface area contributed by atoms with Gasteiger partial charge in [-0.2, -0.15) is 0 Å². The summed E-state index contributed by atoms with van der Waals surface area (Å²) in [6.45, 7) is 0.195. The second-order valence-corrected chi connectivity index (χ2v) is 6.68. The molecule has 0 atom stereocenters. The van der Waals surface area contributed by atoms with Crippen molar-refractivity contribution in [2.24, 2.45) is 0 Å². The van der Waals surface area contributed by atoms with E-state index in [1.807, 2.05) is 6.07 Å². The molecule has 2 heterocycles. The smallest absolute Gasteiger partial charge is 0.269 e. The molecule has 3 aromatic rings. The Morgan fingerprint density at radius 2 is 1.79 bits per heavy atom.